The molecule has 1 aromatic heterocycles. The Morgan fingerprint density at radius 1 is 1.60 bits per heavy atom. The lowest BCUT2D eigenvalue weighted by atomic mass is 10.4. The molecule has 1 saturated carbocycles. The van der Waals surface area contributed by atoms with Crippen LogP contribution < -0.4 is 5.73 Å². The summed E-state index contributed by atoms with van der Waals surface area (Å²) in [6.45, 7) is 5.53. The molecule has 0 radical (unpaired) electrons. The summed E-state index contributed by atoms with van der Waals surface area (Å²) in [5.74, 6) is 1.05. The summed E-state index contributed by atoms with van der Waals surface area (Å²) in [4.78, 5) is 6.70. The number of hydrogen-bond donors (Lipinski definition) is 1. The third-order valence-electron chi connectivity index (χ3n) is 2.82. The highest BCUT2D eigenvalue weighted by Gasteiger charge is 2.29. The fourth-order valence-electron chi connectivity index (χ4n) is 1.85. The summed E-state index contributed by atoms with van der Waals surface area (Å²) in [6.07, 6.45) is 4.24. The zero-order valence-corrected chi connectivity index (χ0v) is 9.26. The van der Waals surface area contributed by atoms with Gasteiger partial charge < -0.3 is 5.73 Å². The molecular formula is C10H19N5. The van der Waals surface area contributed by atoms with Gasteiger partial charge in [0.2, 0.25) is 0 Å². The summed E-state index contributed by atoms with van der Waals surface area (Å²) in [5.41, 5.74) is 5.61. The molecule has 2 rings (SSSR count). The van der Waals surface area contributed by atoms with Crippen molar-refractivity contribution in [3.05, 3.63) is 12.2 Å². The molecule has 0 aliphatic heterocycles. The topological polar surface area (TPSA) is 60.0 Å². The van der Waals surface area contributed by atoms with E-state index in [1.54, 1.807) is 6.33 Å². The summed E-state index contributed by atoms with van der Waals surface area (Å²) in [5, 5.41) is 4.18. The number of aromatic nitrogens is 3. The van der Waals surface area contributed by atoms with Crippen molar-refractivity contribution in [2.24, 2.45) is 5.73 Å². The minimum Gasteiger partial charge on any atom is -0.329 e. The molecule has 1 aliphatic carbocycles. The van der Waals surface area contributed by atoms with Crippen LogP contribution in [0, 0.1) is 0 Å². The van der Waals surface area contributed by atoms with E-state index in [2.05, 4.69) is 21.9 Å². The molecule has 0 amide bonds. The number of hydrogen-bond acceptors (Lipinski definition) is 4. The molecule has 0 spiro atoms. The normalized spacial score (nSPS) is 16.2. The van der Waals surface area contributed by atoms with Crippen molar-refractivity contribution in [2.75, 3.05) is 13.1 Å². The predicted molar refractivity (Wildman–Crippen MR) is 58.2 cm³/mol. The molecule has 5 heteroatoms. The molecule has 84 valence electrons. The maximum absolute atomic E-state index is 5.61. The second kappa shape index (κ2) is 4.72. The van der Waals surface area contributed by atoms with Gasteiger partial charge in [-0.1, -0.05) is 0 Å². The van der Waals surface area contributed by atoms with E-state index in [-0.39, 0.29) is 0 Å². The lowest BCUT2D eigenvalue weighted by molar-refractivity contribution is 0.250. The average molecular weight is 209 g/mol. The summed E-state index contributed by atoms with van der Waals surface area (Å²) in [7, 11) is 0. The quantitative estimate of drug-likeness (QED) is 0.728. The van der Waals surface area contributed by atoms with Gasteiger partial charge in [-0.25, -0.2) is 9.67 Å². The van der Waals surface area contributed by atoms with Gasteiger partial charge in [-0.05, 0) is 19.8 Å². The van der Waals surface area contributed by atoms with Crippen molar-refractivity contribution in [1.29, 1.82) is 0 Å². The highest BCUT2D eigenvalue weighted by atomic mass is 15.3. The first-order valence-corrected chi connectivity index (χ1v) is 5.66. The Kier molecular flexibility index (Phi) is 3.33. The summed E-state index contributed by atoms with van der Waals surface area (Å²) < 4.78 is 1.95. The average Bonchev–Trinajstić information content (AvgIpc) is 2.99. The minimum atomic E-state index is 0.719. The minimum absolute atomic E-state index is 0.719. The van der Waals surface area contributed by atoms with E-state index in [0.29, 0.717) is 0 Å². The maximum atomic E-state index is 5.61. The Bertz CT molecular complexity index is 305. The highest BCUT2D eigenvalue weighted by molar-refractivity contribution is 4.91. The van der Waals surface area contributed by atoms with Gasteiger partial charge in [0.25, 0.3) is 0 Å². The van der Waals surface area contributed by atoms with Gasteiger partial charge in [0, 0.05) is 25.7 Å². The van der Waals surface area contributed by atoms with Gasteiger partial charge in [-0.3, -0.25) is 4.90 Å². The lowest BCUT2D eigenvalue weighted by Crippen LogP contribution is -2.32. The largest absolute Gasteiger partial charge is 0.329 e. The number of nitrogens with zero attached hydrogens (tertiary/aromatic N) is 4. The van der Waals surface area contributed by atoms with Crippen molar-refractivity contribution >= 4 is 0 Å². The van der Waals surface area contributed by atoms with Crippen molar-refractivity contribution in [3.63, 3.8) is 0 Å². The van der Waals surface area contributed by atoms with Crippen molar-refractivity contribution in [3.8, 4) is 0 Å². The smallest absolute Gasteiger partial charge is 0.141 e. The van der Waals surface area contributed by atoms with E-state index in [1.165, 1.54) is 12.8 Å². The summed E-state index contributed by atoms with van der Waals surface area (Å²) >= 11 is 0. The number of rotatable bonds is 6. The van der Waals surface area contributed by atoms with Gasteiger partial charge in [-0.2, -0.15) is 5.10 Å². The van der Waals surface area contributed by atoms with Gasteiger partial charge in [0.05, 0.1) is 6.54 Å². The molecule has 1 fully saturated rings. The van der Waals surface area contributed by atoms with Crippen LogP contribution in [0.5, 0.6) is 0 Å². The van der Waals surface area contributed by atoms with Gasteiger partial charge in [0.1, 0.15) is 12.2 Å². The Morgan fingerprint density at radius 2 is 2.40 bits per heavy atom. The van der Waals surface area contributed by atoms with Crippen LogP contribution in [0.15, 0.2) is 6.33 Å². The van der Waals surface area contributed by atoms with Gasteiger partial charge in [0.15, 0.2) is 0 Å². The molecule has 2 N–H and O–H groups in total. The summed E-state index contributed by atoms with van der Waals surface area (Å²) in [6, 6.07) is 0.732. The van der Waals surface area contributed by atoms with Crippen LogP contribution >= 0.6 is 0 Å². The monoisotopic (exact) mass is 209 g/mol. The second-order valence-corrected chi connectivity index (χ2v) is 3.98. The fourth-order valence-corrected chi connectivity index (χ4v) is 1.85. The first kappa shape index (κ1) is 10.6. The third kappa shape index (κ3) is 2.54. The van der Waals surface area contributed by atoms with E-state index >= 15 is 0 Å². The predicted octanol–water partition coefficient (Wildman–Crippen LogP) is 0.221. The van der Waals surface area contributed by atoms with Gasteiger partial charge >= 0.3 is 0 Å². The molecule has 5 nitrogen and oxygen atoms in total. The Morgan fingerprint density at radius 3 is 3.00 bits per heavy atom. The zero-order valence-electron chi connectivity index (χ0n) is 9.26. The second-order valence-electron chi connectivity index (χ2n) is 3.98. The SMILES string of the molecule is CCn1ncnc1CN(CCN)C1CC1. The molecule has 0 bridgehead atoms. The standard InChI is InChI=1S/C10H19N5/c1-2-15-10(12-8-13-15)7-14(6-5-11)9-3-4-9/h8-9H,2-7,11H2,1H3. The third-order valence-corrected chi connectivity index (χ3v) is 2.82. The first-order valence-electron chi connectivity index (χ1n) is 5.66. The van der Waals surface area contributed by atoms with Crippen LogP contribution in [0.1, 0.15) is 25.6 Å². The van der Waals surface area contributed by atoms with Crippen LogP contribution in [0.25, 0.3) is 0 Å². The molecule has 1 aliphatic rings. The molecule has 1 aromatic rings. The molecule has 15 heavy (non-hydrogen) atoms. The highest BCUT2D eigenvalue weighted by Crippen LogP contribution is 2.27. The van der Waals surface area contributed by atoms with Gasteiger partial charge in [-0.15, -0.1) is 0 Å². The van der Waals surface area contributed by atoms with Crippen molar-refractivity contribution in [2.45, 2.75) is 38.9 Å². The maximum Gasteiger partial charge on any atom is 0.141 e. The van der Waals surface area contributed by atoms with Crippen LogP contribution in [0.4, 0.5) is 0 Å². The molecule has 1 heterocycles. The van der Waals surface area contributed by atoms with E-state index in [0.717, 1.165) is 38.0 Å². The molecular weight excluding hydrogens is 190 g/mol. The molecule has 0 aromatic carbocycles. The fraction of sp³-hybridized carbons (Fsp3) is 0.800. The van der Waals surface area contributed by atoms with Crippen LogP contribution in [-0.2, 0) is 13.1 Å². The first-order chi connectivity index (χ1) is 7.35. The Balaban J connectivity index is 1.98. The molecule has 0 atom stereocenters. The van der Waals surface area contributed by atoms with E-state index in [9.17, 15) is 0 Å². The van der Waals surface area contributed by atoms with E-state index in [4.69, 9.17) is 5.73 Å². The van der Waals surface area contributed by atoms with Crippen LogP contribution in [-0.4, -0.2) is 38.8 Å². The van der Waals surface area contributed by atoms with Crippen LogP contribution in [0.2, 0.25) is 0 Å². The lowest BCUT2D eigenvalue weighted by Gasteiger charge is -2.20. The van der Waals surface area contributed by atoms with Crippen LogP contribution in [0.3, 0.4) is 0 Å². The van der Waals surface area contributed by atoms with Crippen molar-refractivity contribution < 1.29 is 0 Å². The van der Waals surface area contributed by atoms with E-state index < -0.39 is 0 Å². The number of nitrogens with two attached hydrogens (primary N) is 1. The van der Waals surface area contributed by atoms with E-state index in [1.807, 2.05) is 4.68 Å². The molecule has 0 unspecified atom stereocenters. The molecule has 0 saturated heterocycles. The zero-order chi connectivity index (χ0) is 10.7. The Labute approximate surface area is 90.3 Å². The number of aryl methyl sites for hydroxylation is 1. The van der Waals surface area contributed by atoms with Crippen molar-refractivity contribution in [1.82, 2.24) is 19.7 Å². The Hall–Kier alpha value is -0.940.